The summed E-state index contributed by atoms with van der Waals surface area (Å²) >= 11 is 6.07. The second-order valence-corrected chi connectivity index (χ2v) is 8.25. The average molecular weight is 395 g/mol. The molecule has 0 fully saturated rings. The van der Waals surface area contributed by atoms with Crippen molar-refractivity contribution in [3.05, 3.63) is 64.7 Å². The zero-order valence-electron chi connectivity index (χ0n) is 14.9. The number of rotatable bonds is 8. The van der Waals surface area contributed by atoms with Crippen molar-refractivity contribution in [3.63, 3.8) is 0 Å². The minimum Gasteiger partial charge on any atom is -0.352 e. The van der Waals surface area contributed by atoms with Crippen LogP contribution in [0, 0.1) is 0 Å². The summed E-state index contributed by atoms with van der Waals surface area (Å²) in [5, 5.41) is 3.37. The van der Waals surface area contributed by atoms with Gasteiger partial charge >= 0.3 is 0 Å². The molecule has 0 radical (unpaired) electrons. The van der Waals surface area contributed by atoms with Crippen molar-refractivity contribution < 1.29 is 13.2 Å². The molecule has 0 heterocycles. The number of sulfonamides is 1. The number of anilines is 1. The summed E-state index contributed by atoms with van der Waals surface area (Å²) in [5.41, 5.74) is 2.37. The van der Waals surface area contributed by atoms with Gasteiger partial charge in [0.15, 0.2) is 0 Å². The standard InChI is InChI=1S/C19H23ClN2O3S/c1-3-15-8-5-7-11-18(15)22(26(2,24)25)13-12-19(23)21-14-16-9-4-6-10-17(16)20/h4-11H,3,12-14H2,1-2H3,(H,21,23). The quantitative estimate of drug-likeness (QED) is 0.746. The molecule has 2 rings (SSSR count). The van der Waals surface area contributed by atoms with Crippen LogP contribution in [-0.2, 0) is 27.8 Å². The predicted molar refractivity (Wildman–Crippen MR) is 106 cm³/mol. The van der Waals surface area contributed by atoms with Gasteiger partial charge in [-0.05, 0) is 29.7 Å². The smallest absolute Gasteiger partial charge is 0.232 e. The molecule has 0 aliphatic carbocycles. The van der Waals surface area contributed by atoms with E-state index in [2.05, 4.69) is 5.32 Å². The van der Waals surface area contributed by atoms with E-state index >= 15 is 0 Å². The van der Waals surface area contributed by atoms with Crippen molar-refractivity contribution in [2.24, 2.45) is 0 Å². The third kappa shape index (κ3) is 5.47. The van der Waals surface area contributed by atoms with Crippen molar-refractivity contribution in [2.75, 3.05) is 17.1 Å². The van der Waals surface area contributed by atoms with Crippen molar-refractivity contribution in [1.29, 1.82) is 0 Å². The number of benzene rings is 2. The Hall–Kier alpha value is -2.05. The molecule has 0 saturated carbocycles. The Morgan fingerprint density at radius 3 is 2.31 bits per heavy atom. The summed E-state index contributed by atoms with van der Waals surface area (Å²) in [5.74, 6) is -0.229. The van der Waals surface area contributed by atoms with E-state index in [1.807, 2.05) is 37.3 Å². The number of hydrogen-bond acceptors (Lipinski definition) is 3. The van der Waals surface area contributed by atoms with E-state index in [9.17, 15) is 13.2 Å². The molecule has 7 heteroatoms. The number of nitrogens with one attached hydrogen (secondary N) is 1. The molecule has 0 spiro atoms. The van der Waals surface area contributed by atoms with Gasteiger partial charge in [-0.3, -0.25) is 9.10 Å². The van der Waals surface area contributed by atoms with Gasteiger partial charge in [0.25, 0.3) is 0 Å². The number of halogens is 1. The van der Waals surface area contributed by atoms with Crippen LogP contribution in [0.25, 0.3) is 0 Å². The molecule has 2 aromatic rings. The van der Waals surface area contributed by atoms with Crippen LogP contribution in [0.3, 0.4) is 0 Å². The van der Waals surface area contributed by atoms with Crippen LogP contribution in [0.5, 0.6) is 0 Å². The molecule has 2 aromatic carbocycles. The summed E-state index contributed by atoms with van der Waals surface area (Å²) < 4.78 is 25.7. The third-order valence-electron chi connectivity index (χ3n) is 4.02. The maximum Gasteiger partial charge on any atom is 0.232 e. The monoisotopic (exact) mass is 394 g/mol. The number of amides is 1. The van der Waals surface area contributed by atoms with Crippen molar-refractivity contribution in [3.8, 4) is 0 Å². The van der Waals surface area contributed by atoms with Crippen LogP contribution < -0.4 is 9.62 Å². The molecular formula is C19H23ClN2O3S. The predicted octanol–water partition coefficient (Wildman–Crippen LogP) is 3.37. The second-order valence-electron chi connectivity index (χ2n) is 5.94. The van der Waals surface area contributed by atoms with Crippen molar-refractivity contribution in [2.45, 2.75) is 26.3 Å². The van der Waals surface area contributed by atoms with Gasteiger partial charge in [-0.2, -0.15) is 0 Å². The highest BCUT2D eigenvalue weighted by molar-refractivity contribution is 7.92. The normalized spacial score (nSPS) is 11.2. The van der Waals surface area contributed by atoms with E-state index in [1.165, 1.54) is 4.31 Å². The first-order chi connectivity index (χ1) is 12.3. The zero-order valence-corrected chi connectivity index (χ0v) is 16.5. The second kappa shape index (κ2) is 9.05. The molecule has 5 nitrogen and oxygen atoms in total. The number of para-hydroxylation sites is 1. The summed E-state index contributed by atoms with van der Waals surface area (Å²) in [6.07, 6.45) is 1.93. The molecule has 1 N–H and O–H groups in total. The maximum absolute atomic E-state index is 12.2. The highest BCUT2D eigenvalue weighted by Gasteiger charge is 2.20. The fraction of sp³-hybridized carbons (Fsp3) is 0.316. The molecule has 0 saturated heterocycles. The minimum absolute atomic E-state index is 0.0651. The fourth-order valence-corrected chi connectivity index (χ4v) is 3.81. The molecule has 140 valence electrons. The number of hydrogen-bond donors (Lipinski definition) is 1. The van der Waals surface area contributed by atoms with Gasteiger partial charge in [-0.1, -0.05) is 54.9 Å². The van der Waals surface area contributed by atoms with E-state index in [-0.39, 0.29) is 18.9 Å². The molecule has 0 atom stereocenters. The van der Waals surface area contributed by atoms with Crippen LogP contribution in [0.15, 0.2) is 48.5 Å². The lowest BCUT2D eigenvalue weighted by Crippen LogP contribution is -2.35. The van der Waals surface area contributed by atoms with E-state index in [4.69, 9.17) is 11.6 Å². The maximum atomic E-state index is 12.2. The Labute approximate surface area is 160 Å². The summed E-state index contributed by atoms with van der Waals surface area (Å²) in [4.78, 5) is 12.2. The number of aryl methyl sites for hydroxylation is 1. The molecule has 0 unspecified atom stereocenters. The van der Waals surface area contributed by atoms with E-state index in [0.717, 1.165) is 17.4 Å². The molecule has 0 aliphatic heterocycles. The number of carbonyl (C=O) groups is 1. The van der Waals surface area contributed by atoms with Crippen molar-refractivity contribution >= 4 is 33.2 Å². The van der Waals surface area contributed by atoms with Gasteiger partial charge in [0.1, 0.15) is 0 Å². The number of nitrogens with zero attached hydrogens (tertiary/aromatic N) is 1. The van der Waals surface area contributed by atoms with E-state index < -0.39 is 10.0 Å². The SMILES string of the molecule is CCc1ccccc1N(CCC(=O)NCc1ccccc1Cl)S(C)(=O)=O. The van der Waals surface area contributed by atoms with Crippen LogP contribution in [-0.4, -0.2) is 27.1 Å². The summed E-state index contributed by atoms with van der Waals surface area (Å²) in [7, 11) is -3.49. The van der Waals surface area contributed by atoms with Crippen LogP contribution >= 0.6 is 11.6 Å². The Balaban J connectivity index is 2.04. The topological polar surface area (TPSA) is 66.5 Å². The molecule has 1 amide bonds. The molecule has 0 bridgehead atoms. The molecule has 26 heavy (non-hydrogen) atoms. The van der Waals surface area contributed by atoms with Gasteiger partial charge in [0, 0.05) is 24.5 Å². The van der Waals surface area contributed by atoms with Gasteiger partial charge in [-0.15, -0.1) is 0 Å². The van der Waals surface area contributed by atoms with Gasteiger partial charge in [-0.25, -0.2) is 8.42 Å². The Morgan fingerprint density at radius 1 is 1.08 bits per heavy atom. The van der Waals surface area contributed by atoms with Gasteiger partial charge in [0.05, 0.1) is 11.9 Å². The first-order valence-corrected chi connectivity index (χ1v) is 10.6. The minimum atomic E-state index is -3.49. The third-order valence-corrected chi connectivity index (χ3v) is 5.57. The van der Waals surface area contributed by atoms with Gasteiger partial charge < -0.3 is 5.32 Å². The van der Waals surface area contributed by atoms with E-state index in [0.29, 0.717) is 23.7 Å². The average Bonchev–Trinajstić information content (AvgIpc) is 2.60. The lowest BCUT2D eigenvalue weighted by Gasteiger charge is -2.24. The Bertz CT molecular complexity index is 869. The summed E-state index contributed by atoms with van der Waals surface area (Å²) in [6, 6.07) is 14.6. The first kappa shape index (κ1) is 20.3. The Morgan fingerprint density at radius 2 is 1.69 bits per heavy atom. The lowest BCUT2D eigenvalue weighted by atomic mass is 10.1. The first-order valence-electron chi connectivity index (χ1n) is 8.38. The lowest BCUT2D eigenvalue weighted by molar-refractivity contribution is -0.121. The summed E-state index contributed by atoms with van der Waals surface area (Å²) in [6.45, 7) is 2.36. The highest BCUT2D eigenvalue weighted by atomic mass is 35.5. The molecular weight excluding hydrogens is 372 g/mol. The molecule has 0 aliphatic rings. The molecule has 0 aromatic heterocycles. The van der Waals surface area contributed by atoms with Crippen LogP contribution in [0.2, 0.25) is 5.02 Å². The number of carbonyl (C=O) groups excluding carboxylic acids is 1. The van der Waals surface area contributed by atoms with E-state index in [1.54, 1.807) is 18.2 Å². The van der Waals surface area contributed by atoms with Crippen LogP contribution in [0.1, 0.15) is 24.5 Å². The van der Waals surface area contributed by atoms with Crippen LogP contribution in [0.4, 0.5) is 5.69 Å². The highest BCUT2D eigenvalue weighted by Crippen LogP contribution is 2.23. The largest absolute Gasteiger partial charge is 0.352 e. The van der Waals surface area contributed by atoms with Gasteiger partial charge in [0.2, 0.25) is 15.9 Å². The fourth-order valence-electron chi connectivity index (χ4n) is 2.65. The van der Waals surface area contributed by atoms with Crippen molar-refractivity contribution in [1.82, 2.24) is 5.32 Å². The Kier molecular flexibility index (Phi) is 7.06. The zero-order chi connectivity index (χ0) is 19.2.